The predicted molar refractivity (Wildman–Crippen MR) is 101 cm³/mol. The summed E-state index contributed by atoms with van der Waals surface area (Å²) in [4.78, 5) is 22.1. The molecule has 130 valence electrons. The van der Waals surface area contributed by atoms with E-state index in [1.807, 2.05) is 45.4 Å². The molecule has 0 bridgehead atoms. The van der Waals surface area contributed by atoms with Crippen LogP contribution in [0, 0.1) is 11.3 Å². The summed E-state index contributed by atoms with van der Waals surface area (Å²) in [6.07, 6.45) is 5.55. The van der Waals surface area contributed by atoms with Crippen molar-refractivity contribution < 1.29 is 4.79 Å². The molecule has 0 radical (unpaired) electrons. The summed E-state index contributed by atoms with van der Waals surface area (Å²) in [6, 6.07) is 11.5. The van der Waals surface area contributed by atoms with Crippen LogP contribution < -0.4 is 4.90 Å². The maximum absolute atomic E-state index is 13.0. The van der Waals surface area contributed by atoms with Gasteiger partial charge in [-0.3, -0.25) is 4.79 Å². The van der Waals surface area contributed by atoms with Crippen LogP contribution in [0.25, 0.3) is 5.69 Å². The van der Waals surface area contributed by atoms with Crippen molar-refractivity contribution in [3.63, 3.8) is 0 Å². The Labute approximate surface area is 155 Å². The van der Waals surface area contributed by atoms with Gasteiger partial charge in [-0.2, -0.15) is 5.26 Å². The smallest absolute Gasteiger partial charge is 0.266 e. The molecule has 26 heavy (non-hydrogen) atoms. The molecule has 4 rings (SSSR count). The van der Waals surface area contributed by atoms with Gasteiger partial charge in [0.1, 0.15) is 10.7 Å². The fourth-order valence-corrected chi connectivity index (χ4v) is 3.96. The number of carbonyl (C=O) groups is 1. The molecule has 0 atom stereocenters. The Morgan fingerprint density at radius 1 is 1.15 bits per heavy atom. The molecule has 3 aromatic heterocycles. The van der Waals surface area contributed by atoms with Gasteiger partial charge in [-0.25, -0.2) is 4.98 Å². The van der Waals surface area contributed by atoms with Gasteiger partial charge in [-0.05, 0) is 35.7 Å². The van der Waals surface area contributed by atoms with Gasteiger partial charge in [0.15, 0.2) is 0 Å². The minimum atomic E-state index is 0.0714. The highest BCUT2D eigenvalue weighted by Crippen LogP contribution is 2.24. The zero-order chi connectivity index (χ0) is 17.9. The second-order valence-corrected chi connectivity index (χ2v) is 6.94. The molecule has 0 unspecified atom stereocenters. The molecule has 0 spiro atoms. The van der Waals surface area contributed by atoms with E-state index in [0.717, 1.165) is 16.4 Å². The van der Waals surface area contributed by atoms with E-state index in [1.54, 1.807) is 18.3 Å². The molecule has 7 heteroatoms. The first kappa shape index (κ1) is 16.4. The molecule has 1 aliphatic rings. The van der Waals surface area contributed by atoms with Crippen molar-refractivity contribution in [1.29, 1.82) is 5.26 Å². The van der Waals surface area contributed by atoms with Crippen LogP contribution in [-0.2, 0) is 0 Å². The molecule has 6 nitrogen and oxygen atoms in total. The number of hydrogen-bond donors (Lipinski definition) is 0. The summed E-state index contributed by atoms with van der Waals surface area (Å²) >= 11 is 1.48. The number of anilines is 1. The first-order valence-corrected chi connectivity index (χ1v) is 9.25. The number of rotatable bonds is 3. The zero-order valence-corrected chi connectivity index (χ0v) is 14.9. The average Bonchev–Trinajstić information content (AvgIpc) is 3.39. The monoisotopic (exact) mass is 363 g/mol. The summed E-state index contributed by atoms with van der Waals surface area (Å²) in [6.45, 7) is 2.69. The van der Waals surface area contributed by atoms with E-state index >= 15 is 0 Å². The Kier molecular flexibility index (Phi) is 4.42. The first-order chi connectivity index (χ1) is 12.8. The lowest BCUT2D eigenvalue weighted by atomic mass is 10.2. The third kappa shape index (κ3) is 3.07. The van der Waals surface area contributed by atoms with Gasteiger partial charge in [0.25, 0.3) is 5.91 Å². The van der Waals surface area contributed by atoms with Crippen molar-refractivity contribution >= 4 is 23.1 Å². The topological polar surface area (TPSA) is 65.2 Å². The van der Waals surface area contributed by atoms with E-state index in [9.17, 15) is 4.79 Å². The maximum Gasteiger partial charge on any atom is 0.266 e. The van der Waals surface area contributed by atoms with Gasteiger partial charge >= 0.3 is 0 Å². The highest BCUT2D eigenvalue weighted by molar-refractivity contribution is 7.12. The van der Waals surface area contributed by atoms with Crippen LogP contribution in [0.15, 0.2) is 54.3 Å². The first-order valence-electron chi connectivity index (χ1n) is 8.37. The molecule has 0 saturated carbocycles. The number of aromatic nitrogens is 2. The summed E-state index contributed by atoms with van der Waals surface area (Å²) in [5.74, 6) is 0.863. The van der Waals surface area contributed by atoms with Crippen molar-refractivity contribution in [2.24, 2.45) is 0 Å². The van der Waals surface area contributed by atoms with Crippen molar-refractivity contribution in [1.82, 2.24) is 14.5 Å². The highest BCUT2D eigenvalue weighted by Gasteiger charge is 2.25. The quantitative estimate of drug-likeness (QED) is 0.718. The maximum atomic E-state index is 13.0. The number of carbonyl (C=O) groups excluding carboxylic acids is 1. The zero-order valence-electron chi connectivity index (χ0n) is 14.1. The molecular weight excluding hydrogens is 346 g/mol. The Balaban J connectivity index is 1.46. The molecule has 1 aliphatic heterocycles. The Bertz CT molecular complexity index is 948. The van der Waals surface area contributed by atoms with Crippen LogP contribution >= 0.6 is 11.3 Å². The number of piperazine rings is 1. The van der Waals surface area contributed by atoms with Gasteiger partial charge in [0, 0.05) is 44.8 Å². The van der Waals surface area contributed by atoms with E-state index in [1.165, 1.54) is 11.3 Å². The van der Waals surface area contributed by atoms with Crippen LogP contribution in [0.4, 0.5) is 5.82 Å². The van der Waals surface area contributed by atoms with Gasteiger partial charge < -0.3 is 14.4 Å². The number of hydrogen-bond acceptors (Lipinski definition) is 5. The fraction of sp³-hybridized carbons (Fsp3) is 0.211. The third-order valence-electron chi connectivity index (χ3n) is 4.49. The minimum Gasteiger partial charge on any atom is -0.353 e. The molecule has 1 fully saturated rings. The van der Waals surface area contributed by atoms with E-state index in [-0.39, 0.29) is 5.91 Å². The SMILES string of the molecule is N#Cc1ccnc(N2CCN(C(=O)c3sccc3-n3cccc3)CC2)c1. The lowest BCUT2D eigenvalue weighted by Gasteiger charge is -2.35. The van der Waals surface area contributed by atoms with Gasteiger partial charge in [-0.15, -0.1) is 11.3 Å². The normalized spacial score (nSPS) is 14.3. The molecule has 3 aromatic rings. The van der Waals surface area contributed by atoms with Gasteiger partial charge in [0.05, 0.1) is 17.3 Å². The molecule has 4 heterocycles. The molecule has 0 N–H and O–H groups in total. The van der Waals surface area contributed by atoms with Crippen LogP contribution in [0.3, 0.4) is 0 Å². The summed E-state index contributed by atoms with van der Waals surface area (Å²) < 4.78 is 1.97. The molecule has 0 aliphatic carbocycles. The Morgan fingerprint density at radius 3 is 2.65 bits per heavy atom. The van der Waals surface area contributed by atoms with Crippen LogP contribution in [0.2, 0.25) is 0 Å². The Hall–Kier alpha value is -3.11. The standard InChI is InChI=1S/C19H17N5OS/c20-14-15-3-5-21-17(13-15)23-8-10-24(11-9-23)19(25)18-16(4-12-26-18)22-6-1-2-7-22/h1-7,12-13H,8-11H2. The van der Waals surface area contributed by atoms with E-state index in [2.05, 4.69) is 16.0 Å². The highest BCUT2D eigenvalue weighted by atomic mass is 32.1. The number of nitrogens with zero attached hydrogens (tertiary/aromatic N) is 5. The van der Waals surface area contributed by atoms with Crippen LogP contribution in [-0.4, -0.2) is 46.5 Å². The van der Waals surface area contributed by atoms with Gasteiger partial charge in [-0.1, -0.05) is 0 Å². The van der Waals surface area contributed by atoms with Gasteiger partial charge in [0.2, 0.25) is 0 Å². The minimum absolute atomic E-state index is 0.0714. The van der Waals surface area contributed by atoms with E-state index in [0.29, 0.717) is 31.7 Å². The molecule has 1 saturated heterocycles. The molecule has 0 aromatic carbocycles. The summed E-state index contributed by atoms with van der Waals surface area (Å²) in [7, 11) is 0. The number of nitriles is 1. The summed E-state index contributed by atoms with van der Waals surface area (Å²) in [5.41, 5.74) is 1.53. The van der Waals surface area contributed by atoms with Crippen LogP contribution in [0.1, 0.15) is 15.2 Å². The van der Waals surface area contributed by atoms with Crippen LogP contribution in [0.5, 0.6) is 0 Å². The fourth-order valence-electron chi connectivity index (χ4n) is 3.10. The van der Waals surface area contributed by atoms with Crippen molar-refractivity contribution in [3.8, 4) is 11.8 Å². The van der Waals surface area contributed by atoms with E-state index < -0.39 is 0 Å². The van der Waals surface area contributed by atoms with Crippen molar-refractivity contribution in [2.45, 2.75) is 0 Å². The largest absolute Gasteiger partial charge is 0.353 e. The second kappa shape index (κ2) is 7.02. The average molecular weight is 363 g/mol. The van der Waals surface area contributed by atoms with Crippen molar-refractivity contribution in [2.75, 3.05) is 31.1 Å². The number of amides is 1. The van der Waals surface area contributed by atoms with Crippen molar-refractivity contribution in [3.05, 3.63) is 64.7 Å². The predicted octanol–water partition coefficient (Wildman–Crippen LogP) is 2.77. The summed E-state index contributed by atoms with van der Waals surface area (Å²) in [5, 5.41) is 11.0. The second-order valence-electron chi connectivity index (χ2n) is 6.02. The molecule has 1 amide bonds. The lowest BCUT2D eigenvalue weighted by Crippen LogP contribution is -2.49. The Morgan fingerprint density at radius 2 is 1.92 bits per heavy atom. The van der Waals surface area contributed by atoms with E-state index in [4.69, 9.17) is 5.26 Å². The third-order valence-corrected chi connectivity index (χ3v) is 5.38. The lowest BCUT2D eigenvalue weighted by molar-refractivity contribution is 0.0751. The number of thiophene rings is 1. The molecular formula is C19H17N5OS. The number of pyridine rings is 1.